The number of carboxylic acid groups (broad SMARTS) is 1. The normalized spacial score (nSPS) is 25.5. The van der Waals surface area contributed by atoms with Crippen LogP contribution in [0.4, 0.5) is 26.3 Å². The van der Waals surface area contributed by atoms with E-state index in [4.69, 9.17) is 15.2 Å². The molecule has 2 aromatic heterocycles. The first-order valence-electron chi connectivity index (χ1n) is 18.8. The monoisotopic (exact) mass is 826 g/mol. The summed E-state index contributed by atoms with van der Waals surface area (Å²) in [5.41, 5.74) is 0.100. The third kappa shape index (κ3) is 8.72. The van der Waals surface area contributed by atoms with Crippen LogP contribution in [-0.4, -0.2) is 79.8 Å². The highest BCUT2D eigenvalue weighted by atomic mass is 32.1. The number of rotatable bonds is 10. The van der Waals surface area contributed by atoms with Gasteiger partial charge in [0.2, 0.25) is 5.60 Å². The van der Waals surface area contributed by atoms with Crippen molar-refractivity contribution >= 4 is 29.1 Å². The maximum Gasteiger partial charge on any atom is 0.425 e. The van der Waals surface area contributed by atoms with Crippen LogP contribution in [0.3, 0.4) is 0 Å². The zero-order valence-electron chi connectivity index (χ0n) is 31.1. The fourth-order valence-corrected chi connectivity index (χ4v) is 8.98. The summed E-state index contributed by atoms with van der Waals surface area (Å²) in [5, 5.41) is 22.6. The number of hydrogen-bond donors (Lipinski definition) is 3. The van der Waals surface area contributed by atoms with E-state index >= 15 is 0 Å². The van der Waals surface area contributed by atoms with Crippen LogP contribution in [0.5, 0.6) is 11.5 Å². The van der Waals surface area contributed by atoms with Crippen molar-refractivity contribution in [1.29, 1.82) is 0 Å². The predicted molar refractivity (Wildman–Crippen MR) is 194 cm³/mol. The molecule has 0 unspecified atom stereocenters. The first-order chi connectivity index (χ1) is 26.8. The Hall–Kier alpha value is -4.42. The molecule has 2 amide bonds. The minimum absolute atomic E-state index is 0.0194. The fourth-order valence-electron chi connectivity index (χ4n) is 8.31. The molecule has 1 aromatic carbocycles. The van der Waals surface area contributed by atoms with Crippen molar-refractivity contribution in [2.75, 3.05) is 19.6 Å². The Labute approximate surface area is 328 Å². The molecule has 3 aromatic rings. The average Bonchev–Trinajstić information content (AvgIpc) is 3.64. The molecule has 6 rings (SSSR count). The summed E-state index contributed by atoms with van der Waals surface area (Å²) < 4.78 is 96.0. The van der Waals surface area contributed by atoms with E-state index in [1.54, 1.807) is 31.2 Å². The summed E-state index contributed by atoms with van der Waals surface area (Å²) in [6.45, 7) is 1.55. The quantitative estimate of drug-likeness (QED) is 0.142. The highest BCUT2D eigenvalue weighted by molar-refractivity contribution is 7.10. The minimum atomic E-state index is -4.93. The molecular formula is C39H44F6N4O7S. The predicted octanol–water partition coefficient (Wildman–Crippen LogP) is 7.22. The van der Waals surface area contributed by atoms with Gasteiger partial charge in [0.25, 0.3) is 11.8 Å². The number of nitrogens with zero attached hydrogens (tertiary/aromatic N) is 3. The highest BCUT2D eigenvalue weighted by Gasteiger charge is 2.57. The van der Waals surface area contributed by atoms with Crippen molar-refractivity contribution in [2.24, 2.45) is 11.7 Å². The molecule has 310 valence electrons. The Morgan fingerprint density at radius 1 is 0.947 bits per heavy atom. The van der Waals surface area contributed by atoms with Gasteiger partial charge in [-0.2, -0.15) is 26.3 Å². The van der Waals surface area contributed by atoms with Crippen molar-refractivity contribution in [3.63, 3.8) is 0 Å². The standard InChI is InChI=1S/C39H44F6N4O7S/c1-2-7-29-37(55-25-22-30(57-23-25)39(43,44)45,13-6-19-49(29)32(50)31-27(38(40,41)42)9-5-18-47-31)34(53)48-20-16-35(54,17-21-48)26-8-3-4-10-28(26)56-36(46)14-11-24(12-15-36)33(51)52/h3-5,8-10,18,22-24,29,54H,2,6-7,11-17,19-21,46H2,1H3,(H,51,52)/t24?,29-,36?,37+/m1/s1. The number of aliphatic hydroxyl groups is 1. The number of nitrogens with two attached hydrogens (primary N) is 1. The zero-order chi connectivity index (χ0) is 41.4. The van der Waals surface area contributed by atoms with Gasteiger partial charge in [0.1, 0.15) is 22.1 Å². The van der Waals surface area contributed by atoms with Crippen LogP contribution in [0.1, 0.15) is 97.6 Å². The molecule has 1 saturated carbocycles. The number of ether oxygens (including phenoxy) is 2. The number of likely N-dealkylation sites (tertiary alicyclic amines) is 2. The van der Waals surface area contributed by atoms with Gasteiger partial charge in [-0.05, 0) is 56.7 Å². The van der Waals surface area contributed by atoms with Crippen LogP contribution >= 0.6 is 11.3 Å². The van der Waals surface area contributed by atoms with Crippen molar-refractivity contribution < 1.29 is 60.4 Å². The van der Waals surface area contributed by atoms with E-state index in [0.29, 0.717) is 41.9 Å². The second-order valence-corrected chi connectivity index (χ2v) is 16.0. The smallest absolute Gasteiger partial charge is 0.425 e. The molecule has 2 saturated heterocycles. The summed E-state index contributed by atoms with van der Waals surface area (Å²) in [6.07, 6.45) is -7.08. The average molecular weight is 827 g/mol. The van der Waals surface area contributed by atoms with Crippen molar-refractivity contribution in [3.8, 4) is 11.5 Å². The van der Waals surface area contributed by atoms with Crippen LogP contribution in [0.15, 0.2) is 54.0 Å². The molecule has 18 heteroatoms. The molecular weight excluding hydrogens is 783 g/mol. The number of pyridine rings is 1. The lowest BCUT2D eigenvalue weighted by molar-refractivity contribution is -0.163. The molecule has 2 aliphatic heterocycles. The maximum atomic E-state index is 15.0. The summed E-state index contributed by atoms with van der Waals surface area (Å²) in [5.74, 6) is -3.20. The number of para-hydroxylation sites is 1. The molecule has 4 heterocycles. The van der Waals surface area contributed by atoms with E-state index in [9.17, 15) is 50.9 Å². The lowest BCUT2D eigenvalue weighted by Crippen LogP contribution is -2.68. The number of piperidine rings is 2. The molecule has 0 bridgehead atoms. The molecule has 0 spiro atoms. The topological polar surface area (TPSA) is 156 Å². The van der Waals surface area contributed by atoms with Crippen molar-refractivity contribution in [2.45, 2.75) is 106 Å². The lowest BCUT2D eigenvalue weighted by atomic mass is 9.78. The lowest BCUT2D eigenvalue weighted by Gasteiger charge is -2.51. The second kappa shape index (κ2) is 16.1. The molecule has 1 aliphatic carbocycles. The zero-order valence-corrected chi connectivity index (χ0v) is 31.9. The summed E-state index contributed by atoms with van der Waals surface area (Å²) in [7, 11) is 0. The molecule has 4 N–H and O–H groups in total. The number of halogens is 6. The third-order valence-electron chi connectivity index (χ3n) is 11.3. The van der Waals surface area contributed by atoms with Gasteiger partial charge in [-0.3, -0.25) is 25.1 Å². The third-order valence-corrected chi connectivity index (χ3v) is 12.2. The minimum Gasteiger partial charge on any atom is -0.481 e. The van der Waals surface area contributed by atoms with E-state index in [2.05, 4.69) is 4.98 Å². The first-order valence-corrected chi connectivity index (χ1v) is 19.7. The summed E-state index contributed by atoms with van der Waals surface area (Å²) >= 11 is 0.356. The van der Waals surface area contributed by atoms with Crippen LogP contribution in [0, 0.1) is 5.92 Å². The Balaban J connectivity index is 1.30. The second-order valence-electron chi connectivity index (χ2n) is 15.0. The number of benzene rings is 1. The van der Waals surface area contributed by atoms with Gasteiger partial charge in [-0.15, -0.1) is 11.3 Å². The van der Waals surface area contributed by atoms with Crippen LogP contribution in [0.25, 0.3) is 0 Å². The molecule has 0 radical (unpaired) electrons. The van der Waals surface area contributed by atoms with Gasteiger partial charge in [0.15, 0.2) is 5.72 Å². The highest BCUT2D eigenvalue weighted by Crippen LogP contribution is 2.45. The number of carboxylic acids is 1. The number of thiophene rings is 1. The van der Waals surface area contributed by atoms with E-state index in [-0.39, 0.29) is 70.3 Å². The van der Waals surface area contributed by atoms with E-state index in [1.807, 2.05) is 0 Å². The van der Waals surface area contributed by atoms with Gasteiger partial charge >= 0.3 is 18.3 Å². The Kier molecular flexibility index (Phi) is 11.9. The number of aliphatic carboxylic acids is 1. The van der Waals surface area contributed by atoms with Gasteiger partial charge in [-0.1, -0.05) is 31.5 Å². The van der Waals surface area contributed by atoms with Gasteiger partial charge < -0.3 is 29.5 Å². The largest absolute Gasteiger partial charge is 0.481 e. The number of amides is 2. The van der Waals surface area contributed by atoms with Crippen LogP contribution in [-0.2, 0) is 27.5 Å². The number of aromatic nitrogens is 1. The fraction of sp³-hybridized carbons (Fsp3) is 0.538. The SMILES string of the molecule is CCC[C@H]1N(C(=O)c2ncccc2C(F)(F)F)CCC[C@@]1(Oc1csc(C(F)(F)F)c1)C(=O)N1CCC(O)(c2ccccc2OC2(N)CCC(C(=O)O)CC2)CC1. The first kappa shape index (κ1) is 42.2. The van der Waals surface area contributed by atoms with E-state index < -0.39 is 75.2 Å². The van der Waals surface area contributed by atoms with E-state index in [0.717, 1.165) is 34.7 Å². The molecule has 57 heavy (non-hydrogen) atoms. The molecule has 2 atom stereocenters. The number of alkyl halides is 6. The van der Waals surface area contributed by atoms with Gasteiger partial charge in [0, 0.05) is 62.1 Å². The number of carbonyl (C=O) groups is 3. The Bertz CT molecular complexity index is 1940. The molecule has 3 aliphatic rings. The maximum absolute atomic E-state index is 15.0. The summed E-state index contributed by atoms with van der Waals surface area (Å²) in [6, 6.07) is 8.06. The van der Waals surface area contributed by atoms with Gasteiger partial charge in [-0.25, -0.2) is 0 Å². The number of hydrogen-bond acceptors (Lipinski definition) is 9. The number of carbonyl (C=O) groups excluding carboxylic acids is 2. The van der Waals surface area contributed by atoms with Crippen LogP contribution in [0.2, 0.25) is 0 Å². The molecule has 3 fully saturated rings. The summed E-state index contributed by atoms with van der Waals surface area (Å²) in [4.78, 5) is 45.9. The van der Waals surface area contributed by atoms with Crippen molar-refractivity contribution in [3.05, 3.63) is 75.7 Å². The Morgan fingerprint density at radius 2 is 1.63 bits per heavy atom. The molecule has 11 nitrogen and oxygen atoms in total. The Morgan fingerprint density at radius 3 is 2.25 bits per heavy atom. The van der Waals surface area contributed by atoms with Crippen molar-refractivity contribution in [1.82, 2.24) is 14.8 Å². The van der Waals surface area contributed by atoms with Gasteiger partial charge in [0.05, 0.1) is 23.1 Å². The van der Waals surface area contributed by atoms with Crippen LogP contribution < -0.4 is 15.2 Å². The van der Waals surface area contributed by atoms with E-state index in [1.165, 1.54) is 4.90 Å².